The Morgan fingerprint density at radius 3 is 2.50 bits per heavy atom. The minimum atomic E-state index is -0.332. The first-order valence-corrected chi connectivity index (χ1v) is 9.63. The fraction of sp³-hybridized carbons (Fsp3) is 0.182. The molecule has 0 unspecified atom stereocenters. The number of hydrazone groups is 1. The van der Waals surface area contributed by atoms with E-state index in [0.717, 1.165) is 27.1 Å². The molecule has 1 heterocycles. The number of halogens is 1. The third kappa shape index (κ3) is 4.17. The molecule has 1 amide bonds. The van der Waals surface area contributed by atoms with E-state index in [1.165, 1.54) is 12.7 Å². The second kappa shape index (κ2) is 8.44. The van der Waals surface area contributed by atoms with E-state index in [2.05, 4.69) is 69.1 Å². The van der Waals surface area contributed by atoms with Crippen molar-refractivity contribution in [3.8, 4) is 11.4 Å². The lowest BCUT2D eigenvalue weighted by atomic mass is 10.2. The number of nitrogens with zero attached hydrogens (tertiary/aromatic N) is 2. The number of aromatic nitrogens is 1. The summed E-state index contributed by atoms with van der Waals surface area (Å²) in [6, 6.07) is 15.7. The van der Waals surface area contributed by atoms with Crippen LogP contribution < -0.4 is 10.2 Å². The summed E-state index contributed by atoms with van der Waals surface area (Å²) in [5.74, 6) is 0.162. The van der Waals surface area contributed by atoms with Gasteiger partial charge in [0.2, 0.25) is 0 Å². The summed E-state index contributed by atoms with van der Waals surface area (Å²) in [5, 5.41) is 4.14. The van der Waals surface area contributed by atoms with Crippen molar-refractivity contribution in [2.75, 3.05) is 7.11 Å². The number of carbonyl (C=O) groups is 1. The van der Waals surface area contributed by atoms with Gasteiger partial charge in [-0.3, -0.25) is 4.79 Å². The van der Waals surface area contributed by atoms with Crippen LogP contribution in [0.25, 0.3) is 5.69 Å². The first-order chi connectivity index (χ1) is 13.4. The first kappa shape index (κ1) is 19.9. The highest BCUT2D eigenvalue weighted by molar-refractivity contribution is 9.10. The number of amides is 1. The second-order valence-electron chi connectivity index (χ2n) is 6.54. The molecule has 1 aromatic heterocycles. The van der Waals surface area contributed by atoms with Crippen molar-refractivity contribution in [1.82, 2.24) is 9.99 Å². The van der Waals surface area contributed by atoms with Gasteiger partial charge in [-0.15, -0.1) is 0 Å². The minimum Gasteiger partial charge on any atom is -0.496 e. The van der Waals surface area contributed by atoms with Crippen molar-refractivity contribution in [3.63, 3.8) is 0 Å². The molecule has 0 aliphatic heterocycles. The topological polar surface area (TPSA) is 55.6 Å². The summed E-state index contributed by atoms with van der Waals surface area (Å²) in [7, 11) is 1.53. The Morgan fingerprint density at radius 2 is 1.82 bits per heavy atom. The van der Waals surface area contributed by atoms with Crippen LogP contribution in [0.4, 0.5) is 0 Å². The third-order valence-corrected chi connectivity index (χ3v) is 5.03. The number of carbonyl (C=O) groups excluding carboxylic acids is 1. The maximum Gasteiger partial charge on any atom is 0.275 e. The molecule has 6 heteroatoms. The average Bonchev–Trinajstić information content (AvgIpc) is 2.96. The van der Waals surface area contributed by atoms with E-state index in [4.69, 9.17) is 4.74 Å². The number of benzene rings is 2. The molecule has 0 saturated carbocycles. The van der Waals surface area contributed by atoms with Crippen molar-refractivity contribution in [1.29, 1.82) is 0 Å². The molecule has 3 rings (SSSR count). The van der Waals surface area contributed by atoms with E-state index < -0.39 is 0 Å². The Bertz CT molecular complexity index is 1040. The number of methoxy groups -OCH3 is 1. The number of hydrogen-bond acceptors (Lipinski definition) is 3. The van der Waals surface area contributed by atoms with E-state index in [-0.39, 0.29) is 5.91 Å². The van der Waals surface area contributed by atoms with Gasteiger partial charge in [-0.05, 0) is 57.2 Å². The highest BCUT2D eigenvalue weighted by Crippen LogP contribution is 2.23. The summed E-state index contributed by atoms with van der Waals surface area (Å²) in [6.07, 6.45) is 1.66. The molecule has 0 atom stereocenters. The van der Waals surface area contributed by atoms with Crippen LogP contribution in [0.15, 0.2) is 58.1 Å². The van der Waals surface area contributed by atoms with Crippen LogP contribution >= 0.6 is 15.9 Å². The number of ether oxygens (including phenoxy) is 1. The summed E-state index contributed by atoms with van der Waals surface area (Å²) in [4.78, 5) is 12.4. The van der Waals surface area contributed by atoms with Crippen LogP contribution in [0.1, 0.15) is 32.9 Å². The maximum absolute atomic E-state index is 12.4. The molecule has 0 radical (unpaired) electrons. The highest BCUT2D eigenvalue weighted by Gasteiger charge is 2.13. The monoisotopic (exact) mass is 439 g/mol. The summed E-state index contributed by atoms with van der Waals surface area (Å²) < 4.78 is 8.21. The molecule has 0 spiro atoms. The number of aryl methyl sites for hydroxylation is 2. The Hall–Kier alpha value is -2.86. The molecule has 0 saturated heterocycles. The van der Waals surface area contributed by atoms with Gasteiger partial charge in [-0.2, -0.15) is 5.10 Å². The minimum absolute atomic E-state index is 0.332. The predicted molar refractivity (Wildman–Crippen MR) is 116 cm³/mol. The second-order valence-corrected chi connectivity index (χ2v) is 7.46. The maximum atomic E-state index is 12.4. The normalized spacial score (nSPS) is 11.0. The molecule has 1 N–H and O–H groups in total. The van der Waals surface area contributed by atoms with Crippen molar-refractivity contribution < 1.29 is 9.53 Å². The van der Waals surface area contributed by atoms with E-state index in [9.17, 15) is 4.79 Å². The molecule has 5 nitrogen and oxygen atoms in total. The zero-order chi connectivity index (χ0) is 20.3. The van der Waals surface area contributed by atoms with Gasteiger partial charge in [0.05, 0.1) is 18.9 Å². The molecule has 0 bridgehead atoms. The Kier molecular flexibility index (Phi) is 5.99. The zero-order valence-electron chi connectivity index (χ0n) is 16.3. The summed E-state index contributed by atoms with van der Waals surface area (Å²) in [6.45, 7) is 6.16. The average molecular weight is 440 g/mol. The lowest BCUT2D eigenvalue weighted by Gasteiger charge is -2.10. The van der Waals surface area contributed by atoms with Crippen molar-refractivity contribution in [3.05, 3.63) is 81.1 Å². The molecule has 0 fully saturated rings. The molecule has 144 valence electrons. The van der Waals surface area contributed by atoms with E-state index >= 15 is 0 Å². The molecule has 0 aliphatic rings. The van der Waals surface area contributed by atoms with Crippen molar-refractivity contribution >= 4 is 28.1 Å². The largest absolute Gasteiger partial charge is 0.496 e. The van der Waals surface area contributed by atoms with Crippen molar-refractivity contribution in [2.45, 2.75) is 20.8 Å². The van der Waals surface area contributed by atoms with Crippen LogP contribution in [0.5, 0.6) is 5.75 Å². The molecule has 2 aromatic carbocycles. The summed E-state index contributed by atoms with van der Waals surface area (Å²) in [5.41, 5.74) is 8.41. The Morgan fingerprint density at radius 1 is 1.11 bits per heavy atom. The van der Waals surface area contributed by atoms with E-state index in [1.807, 2.05) is 19.1 Å². The lowest BCUT2D eigenvalue weighted by molar-refractivity contribution is 0.0952. The zero-order valence-corrected chi connectivity index (χ0v) is 17.9. The molecular weight excluding hydrogens is 418 g/mol. The van der Waals surface area contributed by atoms with Crippen LogP contribution in [0.2, 0.25) is 0 Å². The first-order valence-electron chi connectivity index (χ1n) is 8.83. The van der Waals surface area contributed by atoms with Gasteiger partial charge in [0.25, 0.3) is 5.91 Å². The Balaban J connectivity index is 1.80. The fourth-order valence-electron chi connectivity index (χ4n) is 3.09. The van der Waals surface area contributed by atoms with Gasteiger partial charge in [0.15, 0.2) is 0 Å². The van der Waals surface area contributed by atoms with Gasteiger partial charge in [0.1, 0.15) is 5.75 Å². The lowest BCUT2D eigenvalue weighted by Crippen LogP contribution is -2.18. The van der Waals surface area contributed by atoms with Crippen LogP contribution in [-0.4, -0.2) is 23.8 Å². The molecule has 28 heavy (non-hydrogen) atoms. The number of rotatable bonds is 5. The van der Waals surface area contributed by atoms with Crippen LogP contribution in [-0.2, 0) is 0 Å². The highest BCUT2D eigenvalue weighted by atomic mass is 79.9. The fourth-order valence-corrected chi connectivity index (χ4v) is 3.45. The van der Waals surface area contributed by atoms with Gasteiger partial charge >= 0.3 is 0 Å². The molecule has 3 aromatic rings. The van der Waals surface area contributed by atoms with E-state index in [0.29, 0.717) is 11.3 Å². The SMILES string of the molecule is COc1ccc(Br)cc1C(=O)N/N=C\c1cc(C)n(-c2ccc(C)cc2)c1C. The van der Waals surface area contributed by atoms with Gasteiger partial charge in [-0.25, -0.2) is 5.43 Å². The predicted octanol–water partition coefficient (Wildman–Crippen LogP) is 4.94. The summed E-state index contributed by atoms with van der Waals surface area (Å²) >= 11 is 3.37. The molecular formula is C22H22BrN3O2. The quantitative estimate of drug-likeness (QED) is 0.452. The number of nitrogens with one attached hydrogen (secondary N) is 1. The molecule has 0 aliphatic carbocycles. The van der Waals surface area contributed by atoms with Gasteiger partial charge in [-0.1, -0.05) is 33.6 Å². The standard InChI is InChI=1S/C22H22BrN3O2/c1-14-5-8-19(9-6-14)26-15(2)11-17(16(26)3)13-24-25-22(27)20-12-18(23)7-10-21(20)28-4/h5-13H,1-4H3,(H,25,27)/b24-13-. The van der Waals surface area contributed by atoms with Gasteiger partial charge in [0, 0.05) is 27.1 Å². The van der Waals surface area contributed by atoms with E-state index in [1.54, 1.807) is 18.3 Å². The Labute approximate surface area is 173 Å². The third-order valence-electron chi connectivity index (χ3n) is 4.54. The van der Waals surface area contributed by atoms with Crippen molar-refractivity contribution in [2.24, 2.45) is 5.10 Å². The smallest absolute Gasteiger partial charge is 0.275 e. The van der Waals surface area contributed by atoms with Crippen LogP contribution in [0, 0.1) is 20.8 Å². The number of hydrogen-bond donors (Lipinski definition) is 1. The van der Waals surface area contributed by atoms with Crippen LogP contribution in [0.3, 0.4) is 0 Å². The van der Waals surface area contributed by atoms with Gasteiger partial charge < -0.3 is 9.30 Å².